The van der Waals surface area contributed by atoms with E-state index in [1.54, 1.807) is 0 Å². The van der Waals surface area contributed by atoms with Gasteiger partial charge in [0, 0.05) is 11.3 Å². The number of Topliss-reactive ketones (excluding diaryl/α,β-unsaturated/α-hetero) is 1. The minimum atomic E-state index is -4.47. The number of carbonyl (C=O) groups is 1. The summed E-state index contributed by atoms with van der Waals surface area (Å²) in [5, 5.41) is -0.820. The second-order valence-corrected chi connectivity index (χ2v) is 3.93. The molecule has 0 aromatic heterocycles. The summed E-state index contributed by atoms with van der Waals surface area (Å²) in [6, 6.07) is 2.58. The Morgan fingerprint density at radius 3 is 2.38 bits per heavy atom. The van der Waals surface area contributed by atoms with Crippen LogP contribution in [0.2, 0.25) is 0 Å². The van der Waals surface area contributed by atoms with E-state index in [2.05, 4.69) is 0 Å². The highest BCUT2D eigenvalue weighted by Gasteiger charge is 2.31. The Morgan fingerprint density at radius 2 is 2.00 bits per heavy atom. The molecular weight excluding hydrogens is 243 g/mol. The van der Waals surface area contributed by atoms with Gasteiger partial charge in [0.05, 0.1) is 10.9 Å². The number of anilines is 1. The summed E-state index contributed by atoms with van der Waals surface area (Å²) in [7, 11) is 0. The van der Waals surface area contributed by atoms with Gasteiger partial charge >= 0.3 is 6.18 Å². The van der Waals surface area contributed by atoms with Crippen molar-refractivity contribution in [1.82, 2.24) is 0 Å². The van der Waals surface area contributed by atoms with Crippen LogP contribution in [0.25, 0.3) is 0 Å². The molecule has 6 heteroatoms. The van der Waals surface area contributed by atoms with Gasteiger partial charge in [0.1, 0.15) is 0 Å². The Labute approximate surface area is 95.2 Å². The van der Waals surface area contributed by atoms with Crippen LogP contribution in [0.4, 0.5) is 18.9 Å². The van der Waals surface area contributed by atoms with E-state index in [0.29, 0.717) is 0 Å². The van der Waals surface area contributed by atoms with E-state index in [9.17, 15) is 18.0 Å². The Balaban J connectivity index is 3.15. The first-order valence-corrected chi connectivity index (χ1v) is 4.82. The molecule has 0 heterocycles. The average Bonchev–Trinajstić information content (AvgIpc) is 2.15. The smallest absolute Gasteiger partial charge is 0.398 e. The number of hydrogen-bond acceptors (Lipinski definition) is 2. The van der Waals surface area contributed by atoms with Crippen molar-refractivity contribution in [3.63, 3.8) is 0 Å². The second-order valence-electron chi connectivity index (χ2n) is 3.28. The lowest BCUT2D eigenvalue weighted by Crippen LogP contribution is -2.14. The Morgan fingerprint density at radius 1 is 1.44 bits per heavy atom. The quantitative estimate of drug-likeness (QED) is 0.499. The summed E-state index contributed by atoms with van der Waals surface area (Å²) in [5.41, 5.74) is 4.29. The fourth-order valence-corrected chi connectivity index (χ4v) is 1.30. The van der Waals surface area contributed by atoms with Crippen LogP contribution < -0.4 is 5.73 Å². The molecule has 1 atom stereocenters. The normalized spacial score (nSPS) is 13.6. The maximum atomic E-state index is 12.3. The fraction of sp³-hybridized carbons (Fsp3) is 0.300. The summed E-state index contributed by atoms with van der Waals surface area (Å²) in [4.78, 5) is 11.4. The van der Waals surface area contributed by atoms with Gasteiger partial charge in [-0.3, -0.25) is 4.79 Å². The van der Waals surface area contributed by atoms with Gasteiger partial charge in [-0.1, -0.05) is 0 Å². The van der Waals surface area contributed by atoms with Crippen molar-refractivity contribution in [2.45, 2.75) is 18.5 Å². The Hall–Kier alpha value is -1.23. The topological polar surface area (TPSA) is 43.1 Å². The third kappa shape index (κ3) is 2.66. The lowest BCUT2D eigenvalue weighted by atomic mass is 10.0. The van der Waals surface area contributed by atoms with E-state index in [1.165, 1.54) is 6.92 Å². The molecule has 0 bridgehead atoms. The summed E-state index contributed by atoms with van der Waals surface area (Å²) < 4.78 is 36.9. The standard InChI is InChI=1S/C10H9ClF3NO/c1-5(11)9(16)7-3-2-6(4-8(7)15)10(12,13)14/h2-5H,15H2,1H3. The SMILES string of the molecule is CC(Cl)C(=O)c1ccc(C(F)(F)F)cc1N. The molecule has 88 valence electrons. The zero-order chi connectivity index (χ0) is 12.5. The second kappa shape index (κ2) is 4.33. The number of alkyl halides is 4. The van der Waals surface area contributed by atoms with Crippen molar-refractivity contribution in [3.8, 4) is 0 Å². The molecule has 1 rings (SSSR count). The van der Waals surface area contributed by atoms with Gasteiger partial charge < -0.3 is 5.73 Å². The molecule has 0 spiro atoms. The summed E-state index contributed by atoms with van der Waals surface area (Å²) in [5.74, 6) is -0.493. The molecule has 0 radical (unpaired) electrons. The molecule has 0 amide bonds. The van der Waals surface area contributed by atoms with Crippen molar-refractivity contribution in [2.24, 2.45) is 0 Å². The van der Waals surface area contributed by atoms with Crippen LogP contribution in [-0.2, 0) is 6.18 Å². The van der Waals surface area contributed by atoms with Crippen molar-refractivity contribution in [3.05, 3.63) is 29.3 Å². The predicted octanol–water partition coefficient (Wildman–Crippen LogP) is 3.10. The van der Waals surface area contributed by atoms with Gasteiger partial charge in [0.2, 0.25) is 0 Å². The zero-order valence-corrected chi connectivity index (χ0v) is 9.06. The lowest BCUT2D eigenvalue weighted by Gasteiger charge is -2.10. The molecule has 16 heavy (non-hydrogen) atoms. The molecule has 2 nitrogen and oxygen atoms in total. The highest BCUT2D eigenvalue weighted by molar-refractivity contribution is 6.34. The minimum Gasteiger partial charge on any atom is -0.398 e. The number of carbonyl (C=O) groups excluding carboxylic acids is 1. The van der Waals surface area contributed by atoms with E-state index < -0.39 is 22.9 Å². The third-order valence-electron chi connectivity index (χ3n) is 2.01. The van der Waals surface area contributed by atoms with Gasteiger partial charge in [-0.15, -0.1) is 11.6 Å². The molecule has 0 saturated carbocycles. The molecule has 1 unspecified atom stereocenters. The molecule has 0 aliphatic carbocycles. The van der Waals surface area contributed by atoms with Crippen LogP contribution in [0.3, 0.4) is 0 Å². The number of rotatable bonds is 2. The van der Waals surface area contributed by atoms with Gasteiger partial charge in [-0.25, -0.2) is 0 Å². The third-order valence-corrected chi connectivity index (χ3v) is 2.20. The van der Waals surface area contributed by atoms with E-state index in [1.807, 2.05) is 0 Å². The number of nitrogens with two attached hydrogens (primary N) is 1. The van der Waals surface area contributed by atoms with Crippen LogP contribution >= 0.6 is 11.6 Å². The van der Waals surface area contributed by atoms with Gasteiger partial charge in [0.15, 0.2) is 5.78 Å². The van der Waals surface area contributed by atoms with Crippen LogP contribution in [0, 0.1) is 0 Å². The highest BCUT2D eigenvalue weighted by atomic mass is 35.5. The number of hydrogen-bond donors (Lipinski definition) is 1. The Kier molecular flexibility index (Phi) is 3.48. The molecular formula is C10H9ClF3NO. The van der Waals surface area contributed by atoms with Crippen LogP contribution in [0.15, 0.2) is 18.2 Å². The average molecular weight is 252 g/mol. The van der Waals surface area contributed by atoms with Crippen LogP contribution in [0.1, 0.15) is 22.8 Å². The van der Waals surface area contributed by atoms with Crippen molar-refractivity contribution >= 4 is 23.1 Å². The molecule has 0 fully saturated rings. The molecule has 1 aromatic carbocycles. The fourth-order valence-electron chi connectivity index (χ4n) is 1.18. The maximum absolute atomic E-state index is 12.3. The summed E-state index contributed by atoms with van der Waals surface area (Å²) in [6.45, 7) is 1.43. The number of nitrogen functional groups attached to an aromatic ring is 1. The summed E-state index contributed by atoms with van der Waals surface area (Å²) in [6.07, 6.45) is -4.47. The van der Waals surface area contributed by atoms with Crippen molar-refractivity contribution in [1.29, 1.82) is 0 Å². The number of halogens is 4. The van der Waals surface area contributed by atoms with Gasteiger partial charge in [0.25, 0.3) is 0 Å². The first-order valence-electron chi connectivity index (χ1n) is 4.38. The maximum Gasteiger partial charge on any atom is 0.416 e. The zero-order valence-electron chi connectivity index (χ0n) is 8.31. The highest BCUT2D eigenvalue weighted by Crippen LogP contribution is 2.31. The summed E-state index contributed by atoms with van der Waals surface area (Å²) >= 11 is 5.54. The van der Waals surface area contributed by atoms with E-state index in [0.717, 1.165) is 18.2 Å². The Bertz CT molecular complexity index is 415. The van der Waals surface area contributed by atoms with E-state index in [4.69, 9.17) is 17.3 Å². The van der Waals surface area contributed by atoms with Crippen molar-refractivity contribution in [2.75, 3.05) is 5.73 Å². The first-order chi connectivity index (χ1) is 7.23. The molecule has 0 aliphatic rings. The van der Waals surface area contributed by atoms with Crippen molar-refractivity contribution < 1.29 is 18.0 Å². The lowest BCUT2D eigenvalue weighted by molar-refractivity contribution is -0.137. The van der Waals surface area contributed by atoms with E-state index >= 15 is 0 Å². The molecule has 2 N–H and O–H groups in total. The number of benzene rings is 1. The van der Waals surface area contributed by atoms with Crippen LogP contribution in [0.5, 0.6) is 0 Å². The first kappa shape index (κ1) is 12.8. The molecule has 0 saturated heterocycles. The predicted molar refractivity (Wildman–Crippen MR) is 55.5 cm³/mol. The molecule has 1 aromatic rings. The van der Waals surface area contributed by atoms with Gasteiger partial charge in [-0.2, -0.15) is 13.2 Å². The van der Waals surface area contributed by atoms with E-state index in [-0.39, 0.29) is 11.3 Å². The molecule has 0 aliphatic heterocycles. The number of ketones is 1. The largest absolute Gasteiger partial charge is 0.416 e. The van der Waals surface area contributed by atoms with Gasteiger partial charge in [-0.05, 0) is 25.1 Å². The van der Waals surface area contributed by atoms with Crippen LogP contribution in [-0.4, -0.2) is 11.2 Å². The minimum absolute atomic E-state index is 0.00972. The monoisotopic (exact) mass is 251 g/mol.